The molecule has 1 aromatic carbocycles. The van der Waals surface area contributed by atoms with Crippen LogP contribution in [0.3, 0.4) is 0 Å². The van der Waals surface area contributed by atoms with Crippen molar-refractivity contribution in [3.63, 3.8) is 0 Å². The van der Waals surface area contributed by atoms with Crippen LogP contribution in [0.15, 0.2) is 66.5 Å². The number of carbonyl (C=O) groups is 2. The molecule has 2 aliphatic carbocycles. The average molecular weight is 494 g/mol. The highest BCUT2D eigenvalue weighted by Crippen LogP contribution is 2.37. The standard InChI is InChI=1S/C29H39N3O4/c1-3-9-27(33)31-28(34)19-32-18-23-16-24(14-15-25(23)29(32)35)36-26-13-8-7-12-22(26)17-30-20(2)21-10-5-4-6-11-21/h3-6,10-11,14,16,20,22,25-26,29-30,35H,1,7-9,12-13,15,17-19H2,2H3,(H,31,33,34)/t20?,22?,25?,26-,29?/m0/s1. The zero-order chi connectivity index (χ0) is 25.5. The number of fused-ring (bicyclic) bond motifs is 1. The van der Waals surface area contributed by atoms with Crippen molar-refractivity contribution in [3.05, 3.63) is 72.0 Å². The van der Waals surface area contributed by atoms with Crippen molar-refractivity contribution in [2.45, 2.75) is 63.8 Å². The zero-order valence-electron chi connectivity index (χ0n) is 21.2. The summed E-state index contributed by atoms with van der Waals surface area (Å²) in [6.07, 6.45) is 10.4. The first-order valence-electron chi connectivity index (χ1n) is 13.2. The molecule has 0 radical (unpaired) electrons. The highest BCUT2D eigenvalue weighted by molar-refractivity contribution is 5.96. The molecule has 0 aromatic heterocycles. The van der Waals surface area contributed by atoms with E-state index >= 15 is 0 Å². The first-order valence-corrected chi connectivity index (χ1v) is 13.2. The van der Waals surface area contributed by atoms with E-state index in [9.17, 15) is 14.7 Å². The van der Waals surface area contributed by atoms with Crippen LogP contribution >= 0.6 is 0 Å². The Labute approximate surface area is 214 Å². The van der Waals surface area contributed by atoms with Gasteiger partial charge in [-0.15, -0.1) is 6.58 Å². The molecule has 1 saturated carbocycles. The number of nitrogens with zero attached hydrogens (tertiary/aromatic N) is 1. The van der Waals surface area contributed by atoms with Gasteiger partial charge in [-0.1, -0.05) is 42.8 Å². The number of imide groups is 1. The first-order chi connectivity index (χ1) is 17.4. The highest BCUT2D eigenvalue weighted by Gasteiger charge is 2.39. The molecule has 4 unspecified atom stereocenters. The number of aliphatic hydroxyl groups excluding tert-OH is 1. The molecule has 2 amide bonds. The largest absolute Gasteiger partial charge is 0.490 e. The number of aliphatic hydroxyl groups is 1. The molecule has 2 fully saturated rings. The van der Waals surface area contributed by atoms with E-state index in [1.807, 2.05) is 12.1 Å². The van der Waals surface area contributed by atoms with Crippen LogP contribution in [0.1, 0.15) is 57.1 Å². The van der Waals surface area contributed by atoms with Crippen molar-refractivity contribution >= 4 is 11.8 Å². The van der Waals surface area contributed by atoms with Crippen LogP contribution in [0, 0.1) is 11.8 Å². The molecule has 1 aliphatic heterocycles. The molecule has 1 saturated heterocycles. The monoisotopic (exact) mass is 493 g/mol. The van der Waals surface area contributed by atoms with Crippen molar-refractivity contribution in [2.75, 3.05) is 19.6 Å². The Bertz CT molecular complexity index is 989. The number of hydrogen-bond donors (Lipinski definition) is 3. The zero-order valence-corrected chi connectivity index (χ0v) is 21.2. The van der Waals surface area contributed by atoms with E-state index < -0.39 is 12.1 Å². The molecule has 194 valence electrons. The van der Waals surface area contributed by atoms with E-state index in [2.05, 4.69) is 54.5 Å². The molecule has 1 heterocycles. The van der Waals surface area contributed by atoms with Gasteiger partial charge in [-0.25, -0.2) is 0 Å². The van der Waals surface area contributed by atoms with Crippen LogP contribution in [0.4, 0.5) is 0 Å². The Morgan fingerprint density at radius 3 is 2.78 bits per heavy atom. The number of carbonyl (C=O) groups excluding carboxylic acids is 2. The lowest BCUT2D eigenvalue weighted by molar-refractivity contribution is -0.132. The number of rotatable bonds is 10. The Kier molecular flexibility index (Phi) is 9.13. The summed E-state index contributed by atoms with van der Waals surface area (Å²) in [5.41, 5.74) is 2.37. The second-order valence-corrected chi connectivity index (χ2v) is 10.2. The van der Waals surface area contributed by atoms with E-state index in [-0.39, 0.29) is 30.9 Å². The van der Waals surface area contributed by atoms with Gasteiger partial charge in [0.25, 0.3) is 0 Å². The van der Waals surface area contributed by atoms with Gasteiger partial charge in [0.1, 0.15) is 18.1 Å². The van der Waals surface area contributed by atoms with E-state index in [1.165, 1.54) is 24.5 Å². The Morgan fingerprint density at radius 2 is 2.00 bits per heavy atom. The lowest BCUT2D eigenvalue weighted by atomic mass is 9.85. The summed E-state index contributed by atoms with van der Waals surface area (Å²) < 4.78 is 6.53. The van der Waals surface area contributed by atoms with E-state index in [0.29, 0.717) is 24.9 Å². The van der Waals surface area contributed by atoms with Crippen LogP contribution < -0.4 is 10.6 Å². The second kappa shape index (κ2) is 12.5. The van der Waals surface area contributed by atoms with Gasteiger partial charge in [0, 0.05) is 37.4 Å². The number of allylic oxidation sites excluding steroid dienone is 2. The molecular weight excluding hydrogens is 454 g/mol. The highest BCUT2D eigenvalue weighted by atomic mass is 16.5. The average Bonchev–Trinajstić information content (AvgIpc) is 3.18. The van der Waals surface area contributed by atoms with Crippen LogP contribution in [0.25, 0.3) is 0 Å². The topological polar surface area (TPSA) is 90.9 Å². The molecular formula is C29H39N3O4. The SMILES string of the molecule is C=CCC(=O)NC(=O)CN1CC2=CC(O[C@H]3CCCCC3CNC(C)c3ccccc3)=CCC2C1O. The Balaban J connectivity index is 1.31. The maximum atomic E-state index is 12.2. The van der Waals surface area contributed by atoms with Crippen LogP contribution in [0.5, 0.6) is 0 Å². The van der Waals surface area contributed by atoms with Crippen molar-refractivity contribution in [1.82, 2.24) is 15.5 Å². The summed E-state index contributed by atoms with van der Waals surface area (Å²) in [7, 11) is 0. The molecule has 36 heavy (non-hydrogen) atoms. The smallest absolute Gasteiger partial charge is 0.240 e. The molecule has 1 aromatic rings. The minimum absolute atomic E-state index is 0.0238. The minimum atomic E-state index is -0.750. The van der Waals surface area contributed by atoms with Gasteiger partial charge in [0.2, 0.25) is 11.8 Å². The molecule has 0 spiro atoms. The molecule has 7 heteroatoms. The number of hydrogen-bond acceptors (Lipinski definition) is 6. The van der Waals surface area contributed by atoms with Gasteiger partial charge in [0.15, 0.2) is 0 Å². The van der Waals surface area contributed by atoms with E-state index in [1.54, 1.807) is 4.90 Å². The van der Waals surface area contributed by atoms with Gasteiger partial charge in [-0.3, -0.25) is 19.8 Å². The fourth-order valence-electron chi connectivity index (χ4n) is 5.52. The minimum Gasteiger partial charge on any atom is -0.490 e. The maximum Gasteiger partial charge on any atom is 0.240 e. The first kappa shape index (κ1) is 26.3. The summed E-state index contributed by atoms with van der Waals surface area (Å²) in [5, 5.41) is 16.8. The van der Waals surface area contributed by atoms with Crippen LogP contribution in [-0.4, -0.2) is 53.8 Å². The third kappa shape index (κ3) is 6.72. The van der Waals surface area contributed by atoms with Crippen molar-refractivity contribution in [1.29, 1.82) is 0 Å². The number of likely N-dealkylation sites (tertiary alicyclic amines) is 1. The number of benzene rings is 1. The van der Waals surface area contributed by atoms with Gasteiger partial charge in [0.05, 0.1) is 6.54 Å². The fourth-order valence-corrected chi connectivity index (χ4v) is 5.52. The molecule has 3 aliphatic rings. The van der Waals surface area contributed by atoms with Gasteiger partial charge >= 0.3 is 0 Å². The van der Waals surface area contributed by atoms with Crippen LogP contribution in [-0.2, 0) is 14.3 Å². The molecule has 5 atom stereocenters. The quantitative estimate of drug-likeness (QED) is 0.432. The van der Waals surface area contributed by atoms with Crippen molar-refractivity contribution < 1.29 is 19.4 Å². The van der Waals surface area contributed by atoms with Crippen molar-refractivity contribution in [2.24, 2.45) is 11.8 Å². The predicted octanol–water partition coefficient (Wildman–Crippen LogP) is 3.60. The lowest BCUT2D eigenvalue weighted by Gasteiger charge is -2.34. The molecule has 0 bridgehead atoms. The van der Waals surface area contributed by atoms with E-state index in [0.717, 1.165) is 30.7 Å². The summed E-state index contributed by atoms with van der Waals surface area (Å²) in [6, 6.07) is 10.8. The number of ether oxygens (including phenoxy) is 1. The maximum absolute atomic E-state index is 12.2. The van der Waals surface area contributed by atoms with Gasteiger partial charge < -0.3 is 15.2 Å². The van der Waals surface area contributed by atoms with Crippen molar-refractivity contribution in [3.8, 4) is 0 Å². The number of nitrogens with one attached hydrogen (secondary N) is 2. The Hall–Kier alpha value is -2.74. The third-order valence-corrected chi connectivity index (χ3v) is 7.56. The fraction of sp³-hybridized carbons (Fsp3) is 0.517. The third-order valence-electron chi connectivity index (χ3n) is 7.56. The van der Waals surface area contributed by atoms with E-state index in [4.69, 9.17) is 4.74 Å². The summed E-state index contributed by atoms with van der Waals surface area (Å²) in [4.78, 5) is 25.6. The molecule has 7 nitrogen and oxygen atoms in total. The molecule has 3 N–H and O–H groups in total. The lowest BCUT2D eigenvalue weighted by Crippen LogP contribution is -2.42. The second-order valence-electron chi connectivity index (χ2n) is 10.2. The molecule has 4 rings (SSSR count). The summed E-state index contributed by atoms with van der Waals surface area (Å²) in [6.45, 7) is 7.09. The van der Waals surface area contributed by atoms with Gasteiger partial charge in [-0.05, 0) is 55.9 Å². The summed E-state index contributed by atoms with van der Waals surface area (Å²) >= 11 is 0. The summed E-state index contributed by atoms with van der Waals surface area (Å²) in [5.74, 6) is 0.474. The normalized spacial score (nSPS) is 26.8. The van der Waals surface area contributed by atoms with Gasteiger partial charge in [-0.2, -0.15) is 0 Å². The van der Waals surface area contributed by atoms with Crippen LogP contribution in [0.2, 0.25) is 0 Å². The number of amides is 2. The predicted molar refractivity (Wildman–Crippen MR) is 140 cm³/mol. The Morgan fingerprint density at radius 1 is 1.22 bits per heavy atom.